The van der Waals surface area contributed by atoms with Gasteiger partial charge in [0.2, 0.25) is 0 Å². The summed E-state index contributed by atoms with van der Waals surface area (Å²) in [5.41, 5.74) is 1.82. The molecule has 0 radical (unpaired) electrons. The van der Waals surface area contributed by atoms with Crippen molar-refractivity contribution in [2.45, 2.75) is 18.9 Å². The van der Waals surface area contributed by atoms with Crippen LogP contribution in [0.3, 0.4) is 0 Å². The number of aliphatic hydroxyl groups excluding tert-OH is 1. The van der Waals surface area contributed by atoms with E-state index in [1.54, 1.807) is 48.5 Å². The number of carbonyl (C=O) groups excluding carboxylic acids is 1. The lowest BCUT2D eigenvalue weighted by Crippen LogP contribution is -2.04. The van der Waals surface area contributed by atoms with Crippen molar-refractivity contribution in [3.63, 3.8) is 0 Å². The summed E-state index contributed by atoms with van der Waals surface area (Å²) in [6, 6.07) is 15.4. The smallest absolute Gasteiger partial charge is 0.162 e. The van der Waals surface area contributed by atoms with E-state index in [4.69, 9.17) is 16.9 Å². The van der Waals surface area contributed by atoms with Gasteiger partial charge in [0.05, 0.1) is 17.7 Å². The van der Waals surface area contributed by atoms with Gasteiger partial charge in [0.1, 0.15) is 0 Å². The van der Waals surface area contributed by atoms with Crippen molar-refractivity contribution in [2.24, 2.45) is 0 Å². The zero-order valence-electron chi connectivity index (χ0n) is 11.3. The first-order valence-corrected chi connectivity index (χ1v) is 6.95. The number of benzene rings is 2. The molecule has 2 aromatic carbocycles. The first-order valence-electron chi connectivity index (χ1n) is 6.57. The number of Topliss-reactive ketones (excluding diaryl/α,β-unsaturated/α-hetero) is 1. The van der Waals surface area contributed by atoms with Crippen LogP contribution in [0, 0.1) is 11.3 Å². The van der Waals surface area contributed by atoms with Crippen molar-refractivity contribution in [3.8, 4) is 6.07 Å². The van der Waals surface area contributed by atoms with Crippen LogP contribution in [0.25, 0.3) is 0 Å². The number of carbonyl (C=O) groups is 1. The van der Waals surface area contributed by atoms with Crippen LogP contribution in [-0.4, -0.2) is 10.9 Å². The highest BCUT2D eigenvalue weighted by atomic mass is 35.5. The number of halogens is 1. The predicted molar refractivity (Wildman–Crippen MR) is 81.1 cm³/mol. The molecule has 1 N–H and O–H groups in total. The summed E-state index contributed by atoms with van der Waals surface area (Å²) in [7, 11) is 0. The van der Waals surface area contributed by atoms with Crippen LogP contribution in [0.15, 0.2) is 48.5 Å². The van der Waals surface area contributed by atoms with Crippen molar-refractivity contribution in [1.82, 2.24) is 0 Å². The Morgan fingerprint density at radius 2 is 1.76 bits per heavy atom. The zero-order chi connectivity index (χ0) is 15.2. The molecule has 0 heterocycles. The largest absolute Gasteiger partial charge is 0.388 e. The van der Waals surface area contributed by atoms with E-state index in [1.165, 1.54) is 0 Å². The van der Waals surface area contributed by atoms with Gasteiger partial charge in [-0.2, -0.15) is 5.26 Å². The van der Waals surface area contributed by atoms with Gasteiger partial charge in [0.25, 0.3) is 0 Å². The summed E-state index contributed by atoms with van der Waals surface area (Å²) in [6.07, 6.45) is -0.0968. The zero-order valence-corrected chi connectivity index (χ0v) is 12.0. The normalized spacial score (nSPS) is 11.7. The summed E-state index contributed by atoms with van der Waals surface area (Å²) >= 11 is 5.79. The maximum atomic E-state index is 12.0. The number of hydrogen-bond acceptors (Lipinski definition) is 3. The fourth-order valence-corrected chi connectivity index (χ4v) is 2.12. The summed E-state index contributed by atoms with van der Waals surface area (Å²) in [5, 5.41) is 19.4. The first kappa shape index (κ1) is 15.2. The molecule has 4 heteroatoms. The molecule has 0 saturated heterocycles. The fraction of sp³-hybridized carbons (Fsp3) is 0.176. The molecule has 21 heavy (non-hydrogen) atoms. The van der Waals surface area contributed by atoms with E-state index in [1.807, 2.05) is 6.07 Å². The molecule has 0 aliphatic rings. The number of rotatable bonds is 5. The molecule has 0 fully saturated rings. The number of hydrogen-bond donors (Lipinski definition) is 1. The first-order chi connectivity index (χ1) is 10.1. The fourth-order valence-electron chi connectivity index (χ4n) is 1.99. The van der Waals surface area contributed by atoms with Gasteiger partial charge in [0.15, 0.2) is 5.78 Å². The summed E-state index contributed by atoms with van der Waals surface area (Å²) < 4.78 is 0. The molecule has 1 unspecified atom stereocenters. The van der Waals surface area contributed by atoms with Gasteiger partial charge in [-0.1, -0.05) is 35.9 Å². The third-order valence-corrected chi connectivity index (χ3v) is 3.49. The Morgan fingerprint density at radius 1 is 1.14 bits per heavy atom. The Hall–Kier alpha value is -2.15. The highest BCUT2D eigenvalue weighted by molar-refractivity contribution is 6.30. The van der Waals surface area contributed by atoms with Gasteiger partial charge >= 0.3 is 0 Å². The van der Waals surface area contributed by atoms with E-state index < -0.39 is 6.10 Å². The van der Waals surface area contributed by atoms with Crippen LogP contribution in [0.4, 0.5) is 0 Å². The van der Waals surface area contributed by atoms with Gasteiger partial charge in [-0.05, 0) is 36.2 Å². The third-order valence-electron chi connectivity index (χ3n) is 3.24. The van der Waals surface area contributed by atoms with Crippen molar-refractivity contribution in [3.05, 3.63) is 70.2 Å². The second-order valence-corrected chi connectivity index (χ2v) is 5.15. The van der Waals surface area contributed by atoms with Crippen molar-refractivity contribution < 1.29 is 9.90 Å². The maximum Gasteiger partial charge on any atom is 0.162 e. The highest BCUT2D eigenvalue weighted by Crippen LogP contribution is 2.21. The second-order valence-electron chi connectivity index (χ2n) is 4.72. The van der Waals surface area contributed by atoms with Gasteiger partial charge in [-0.15, -0.1) is 0 Å². The van der Waals surface area contributed by atoms with Gasteiger partial charge in [-0.3, -0.25) is 4.79 Å². The van der Waals surface area contributed by atoms with Crippen LogP contribution < -0.4 is 0 Å². The molecular formula is C17H14ClNO2. The molecule has 0 bridgehead atoms. The Morgan fingerprint density at radius 3 is 2.33 bits per heavy atom. The lowest BCUT2D eigenvalue weighted by Gasteiger charge is -2.10. The molecule has 2 aromatic rings. The van der Waals surface area contributed by atoms with Crippen molar-refractivity contribution in [1.29, 1.82) is 5.26 Å². The SMILES string of the molecule is N#Cc1ccc(C(=O)CCC(O)c2ccc(Cl)cc2)cc1. The van der Waals surface area contributed by atoms with Crippen LogP contribution in [0.5, 0.6) is 0 Å². The Balaban J connectivity index is 1.94. The van der Waals surface area contributed by atoms with Crippen LogP contribution in [0.2, 0.25) is 5.02 Å². The molecule has 0 saturated carbocycles. The quantitative estimate of drug-likeness (QED) is 0.852. The van der Waals surface area contributed by atoms with E-state index in [0.29, 0.717) is 22.6 Å². The van der Waals surface area contributed by atoms with Crippen LogP contribution in [-0.2, 0) is 0 Å². The molecule has 3 nitrogen and oxygen atoms in total. The Bertz CT molecular complexity index is 657. The lowest BCUT2D eigenvalue weighted by atomic mass is 10.00. The summed E-state index contributed by atoms with van der Waals surface area (Å²) in [4.78, 5) is 12.0. The van der Waals surface area contributed by atoms with E-state index in [0.717, 1.165) is 5.56 Å². The van der Waals surface area contributed by atoms with Gasteiger partial charge < -0.3 is 5.11 Å². The molecule has 0 aliphatic carbocycles. The lowest BCUT2D eigenvalue weighted by molar-refractivity contribution is 0.0940. The average Bonchev–Trinajstić information content (AvgIpc) is 2.53. The van der Waals surface area contributed by atoms with E-state index in [9.17, 15) is 9.90 Å². The highest BCUT2D eigenvalue weighted by Gasteiger charge is 2.12. The molecule has 0 aromatic heterocycles. The maximum absolute atomic E-state index is 12.0. The Kier molecular flexibility index (Phi) is 5.10. The van der Waals surface area contributed by atoms with Crippen LogP contribution in [0.1, 0.15) is 40.4 Å². The molecular weight excluding hydrogens is 286 g/mol. The predicted octanol–water partition coefficient (Wildman–Crippen LogP) is 3.91. The van der Waals surface area contributed by atoms with Gasteiger partial charge in [-0.25, -0.2) is 0 Å². The average molecular weight is 300 g/mol. The van der Waals surface area contributed by atoms with E-state index in [2.05, 4.69) is 0 Å². The number of nitriles is 1. The number of ketones is 1. The topological polar surface area (TPSA) is 61.1 Å². The summed E-state index contributed by atoms with van der Waals surface area (Å²) in [5.74, 6) is -0.0486. The molecule has 0 amide bonds. The second kappa shape index (κ2) is 7.03. The monoisotopic (exact) mass is 299 g/mol. The van der Waals surface area contributed by atoms with Gasteiger partial charge in [0, 0.05) is 17.0 Å². The van der Waals surface area contributed by atoms with E-state index in [-0.39, 0.29) is 12.2 Å². The summed E-state index contributed by atoms with van der Waals surface area (Å²) in [6.45, 7) is 0. The van der Waals surface area contributed by atoms with Crippen molar-refractivity contribution >= 4 is 17.4 Å². The number of nitrogens with zero attached hydrogens (tertiary/aromatic N) is 1. The van der Waals surface area contributed by atoms with Crippen LogP contribution >= 0.6 is 11.6 Å². The minimum absolute atomic E-state index is 0.0486. The molecule has 0 spiro atoms. The molecule has 1 atom stereocenters. The standard InChI is InChI=1S/C17H14ClNO2/c18-15-7-5-14(6-8-15)17(21)10-9-16(20)13-3-1-12(11-19)2-4-13/h1-8,17,21H,9-10H2. The molecule has 0 aliphatic heterocycles. The Labute approximate surface area is 128 Å². The third kappa shape index (κ3) is 4.16. The molecule has 2 rings (SSSR count). The molecule has 106 valence electrons. The number of aliphatic hydroxyl groups is 1. The van der Waals surface area contributed by atoms with Crippen molar-refractivity contribution in [2.75, 3.05) is 0 Å². The minimum Gasteiger partial charge on any atom is -0.388 e. The minimum atomic E-state index is -0.690. The van der Waals surface area contributed by atoms with E-state index >= 15 is 0 Å².